The number of rotatable bonds is 7. The van der Waals surface area contributed by atoms with Crippen LogP contribution >= 0.6 is 24.0 Å². The van der Waals surface area contributed by atoms with Crippen LogP contribution in [0.5, 0.6) is 0 Å². The molecular weight excluding hydrogens is 407 g/mol. The minimum atomic E-state index is 0. The molecule has 8 heteroatoms. The molecule has 2 aromatic rings. The van der Waals surface area contributed by atoms with E-state index in [2.05, 4.69) is 39.6 Å². The van der Waals surface area contributed by atoms with Crippen LogP contribution in [-0.4, -0.2) is 33.8 Å². The molecule has 0 amide bonds. The molecule has 0 unspecified atom stereocenters. The van der Waals surface area contributed by atoms with Gasteiger partial charge in [0.2, 0.25) is 0 Å². The zero-order valence-corrected chi connectivity index (χ0v) is 16.2. The minimum Gasteiger partial charge on any atom is -0.359 e. The number of aromatic nitrogens is 3. The molecular formula is C15H25IN6O. The third-order valence-electron chi connectivity index (χ3n) is 3.13. The Hall–Kier alpha value is -1.58. The summed E-state index contributed by atoms with van der Waals surface area (Å²) in [6.07, 6.45) is 5.51. The molecule has 0 aromatic carbocycles. The minimum absolute atomic E-state index is 0. The van der Waals surface area contributed by atoms with Crippen LogP contribution in [0.25, 0.3) is 0 Å². The van der Waals surface area contributed by atoms with Crippen LogP contribution in [0.15, 0.2) is 34.3 Å². The van der Waals surface area contributed by atoms with E-state index in [0.29, 0.717) is 12.5 Å². The lowest BCUT2D eigenvalue weighted by molar-refractivity contribution is 0.376. The monoisotopic (exact) mass is 432 g/mol. The Labute approximate surface area is 154 Å². The van der Waals surface area contributed by atoms with Gasteiger partial charge in [-0.3, -0.25) is 0 Å². The summed E-state index contributed by atoms with van der Waals surface area (Å²) in [5.41, 5.74) is 0.961. The van der Waals surface area contributed by atoms with E-state index >= 15 is 0 Å². The van der Waals surface area contributed by atoms with E-state index in [1.807, 2.05) is 23.8 Å². The molecule has 0 saturated heterocycles. The number of nitrogens with zero attached hydrogens (tertiary/aromatic N) is 4. The first-order chi connectivity index (χ1) is 10.7. The van der Waals surface area contributed by atoms with Gasteiger partial charge >= 0.3 is 0 Å². The maximum Gasteiger partial charge on any atom is 0.191 e. The van der Waals surface area contributed by atoms with Crippen molar-refractivity contribution in [2.75, 3.05) is 13.1 Å². The summed E-state index contributed by atoms with van der Waals surface area (Å²) in [5.74, 6) is 1.91. The second kappa shape index (κ2) is 10.2. The van der Waals surface area contributed by atoms with Crippen molar-refractivity contribution in [3.63, 3.8) is 0 Å². The van der Waals surface area contributed by atoms with E-state index in [0.717, 1.165) is 37.0 Å². The number of guanidine groups is 1. The fourth-order valence-corrected chi connectivity index (χ4v) is 1.90. The summed E-state index contributed by atoms with van der Waals surface area (Å²) in [5, 5.41) is 10.5. The molecule has 0 aliphatic heterocycles. The molecule has 0 bridgehead atoms. The maximum absolute atomic E-state index is 5.29. The van der Waals surface area contributed by atoms with E-state index in [1.165, 1.54) is 0 Å². The highest BCUT2D eigenvalue weighted by atomic mass is 127. The lowest BCUT2D eigenvalue weighted by Crippen LogP contribution is -2.38. The zero-order chi connectivity index (χ0) is 15.8. The second-order valence-electron chi connectivity index (χ2n) is 5.30. The van der Waals surface area contributed by atoms with Crippen LogP contribution in [0.1, 0.15) is 38.1 Å². The summed E-state index contributed by atoms with van der Waals surface area (Å²) < 4.78 is 7.31. The Morgan fingerprint density at radius 2 is 2.22 bits per heavy atom. The highest BCUT2D eigenvalue weighted by Crippen LogP contribution is 2.14. The predicted molar refractivity (Wildman–Crippen MR) is 101 cm³/mol. The van der Waals surface area contributed by atoms with Crippen molar-refractivity contribution in [2.24, 2.45) is 4.99 Å². The molecule has 0 atom stereocenters. The predicted octanol–water partition coefficient (Wildman–Crippen LogP) is 2.37. The molecule has 2 aromatic heterocycles. The van der Waals surface area contributed by atoms with E-state index in [1.54, 1.807) is 12.5 Å². The van der Waals surface area contributed by atoms with Crippen LogP contribution < -0.4 is 10.6 Å². The van der Waals surface area contributed by atoms with Gasteiger partial charge in [-0.25, -0.2) is 9.98 Å². The highest BCUT2D eigenvalue weighted by molar-refractivity contribution is 14.0. The molecule has 23 heavy (non-hydrogen) atoms. The number of aliphatic imine (C=N–C) groups is 1. The van der Waals surface area contributed by atoms with E-state index in [4.69, 9.17) is 4.52 Å². The number of hydrogen-bond donors (Lipinski definition) is 2. The number of halogens is 1. The average molecular weight is 432 g/mol. The van der Waals surface area contributed by atoms with Gasteiger partial charge in [-0.15, -0.1) is 24.0 Å². The molecule has 0 aliphatic carbocycles. The SMILES string of the molecule is CCNC(=NCc1cc(C(C)C)no1)NCCn1ccnc1.I. The Balaban J connectivity index is 0.00000264. The zero-order valence-electron chi connectivity index (χ0n) is 13.8. The van der Waals surface area contributed by atoms with Gasteiger partial charge in [-0.05, 0) is 12.8 Å². The first kappa shape index (κ1) is 19.5. The first-order valence-electron chi connectivity index (χ1n) is 7.62. The van der Waals surface area contributed by atoms with Gasteiger partial charge in [0.25, 0.3) is 0 Å². The van der Waals surface area contributed by atoms with Gasteiger partial charge in [0.1, 0.15) is 6.54 Å². The van der Waals surface area contributed by atoms with Gasteiger partial charge in [0.15, 0.2) is 11.7 Å². The van der Waals surface area contributed by atoms with Crippen molar-refractivity contribution < 1.29 is 4.52 Å². The van der Waals surface area contributed by atoms with Crippen LogP contribution in [-0.2, 0) is 13.1 Å². The topological polar surface area (TPSA) is 80.3 Å². The normalized spacial score (nSPS) is 11.4. The smallest absolute Gasteiger partial charge is 0.191 e. The first-order valence-corrected chi connectivity index (χ1v) is 7.62. The summed E-state index contributed by atoms with van der Waals surface area (Å²) in [6, 6.07) is 1.96. The van der Waals surface area contributed by atoms with Crippen molar-refractivity contribution in [2.45, 2.75) is 39.8 Å². The van der Waals surface area contributed by atoms with Crippen LogP contribution in [0.3, 0.4) is 0 Å². The average Bonchev–Trinajstić information content (AvgIpc) is 3.16. The molecule has 2 N–H and O–H groups in total. The maximum atomic E-state index is 5.29. The van der Waals surface area contributed by atoms with Gasteiger partial charge in [-0.1, -0.05) is 19.0 Å². The van der Waals surface area contributed by atoms with Crippen molar-refractivity contribution in [3.8, 4) is 0 Å². The van der Waals surface area contributed by atoms with E-state index < -0.39 is 0 Å². The van der Waals surface area contributed by atoms with Crippen LogP contribution in [0.2, 0.25) is 0 Å². The van der Waals surface area contributed by atoms with Crippen molar-refractivity contribution in [1.29, 1.82) is 0 Å². The standard InChI is InChI=1S/C15H24N6O.HI/c1-4-17-15(18-6-8-21-7-5-16-11-21)19-10-13-9-14(12(2)3)20-22-13;/h5,7,9,11-12H,4,6,8,10H2,1-3H3,(H2,17,18,19);1H. The Morgan fingerprint density at radius 3 is 2.83 bits per heavy atom. The molecule has 0 aliphatic rings. The summed E-state index contributed by atoms with van der Waals surface area (Å²) in [6.45, 7) is 9.11. The fourth-order valence-electron chi connectivity index (χ4n) is 1.90. The summed E-state index contributed by atoms with van der Waals surface area (Å²) in [7, 11) is 0. The molecule has 128 valence electrons. The van der Waals surface area contributed by atoms with Crippen LogP contribution in [0.4, 0.5) is 0 Å². The van der Waals surface area contributed by atoms with E-state index in [9.17, 15) is 0 Å². The largest absolute Gasteiger partial charge is 0.359 e. The van der Waals surface area contributed by atoms with Gasteiger partial charge < -0.3 is 19.7 Å². The second-order valence-corrected chi connectivity index (χ2v) is 5.30. The van der Waals surface area contributed by atoms with Gasteiger partial charge in [0.05, 0.1) is 12.0 Å². The summed E-state index contributed by atoms with van der Waals surface area (Å²) >= 11 is 0. The quantitative estimate of drug-likeness (QED) is 0.399. The Bertz CT molecular complexity index is 579. The third-order valence-corrected chi connectivity index (χ3v) is 3.13. The molecule has 2 rings (SSSR count). The Kier molecular flexibility index (Phi) is 8.67. The van der Waals surface area contributed by atoms with Crippen molar-refractivity contribution in [1.82, 2.24) is 25.3 Å². The highest BCUT2D eigenvalue weighted by Gasteiger charge is 2.07. The van der Waals surface area contributed by atoms with E-state index in [-0.39, 0.29) is 24.0 Å². The van der Waals surface area contributed by atoms with Gasteiger partial charge in [-0.2, -0.15) is 0 Å². The van der Waals surface area contributed by atoms with Crippen molar-refractivity contribution >= 4 is 29.9 Å². The molecule has 0 radical (unpaired) electrons. The lowest BCUT2D eigenvalue weighted by atomic mass is 10.1. The molecule has 7 nitrogen and oxygen atoms in total. The lowest BCUT2D eigenvalue weighted by Gasteiger charge is -2.11. The molecule has 2 heterocycles. The molecule has 0 spiro atoms. The summed E-state index contributed by atoms with van der Waals surface area (Å²) in [4.78, 5) is 8.53. The van der Waals surface area contributed by atoms with Crippen molar-refractivity contribution in [3.05, 3.63) is 36.2 Å². The Morgan fingerprint density at radius 1 is 1.39 bits per heavy atom. The number of hydrogen-bond acceptors (Lipinski definition) is 4. The fraction of sp³-hybridized carbons (Fsp3) is 0.533. The van der Waals surface area contributed by atoms with Gasteiger partial charge in [0, 0.05) is 38.1 Å². The molecule has 0 saturated carbocycles. The number of imidazole rings is 1. The molecule has 0 fully saturated rings. The van der Waals surface area contributed by atoms with Crippen LogP contribution in [0, 0.1) is 0 Å². The third kappa shape index (κ3) is 6.59. The number of nitrogens with one attached hydrogen (secondary N) is 2.